The fourth-order valence-electron chi connectivity index (χ4n) is 4.73. The summed E-state index contributed by atoms with van der Waals surface area (Å²) < 4.78 is 7.18. The minimum atomic E-state index is -0.707. The summed E-state index contributed by atoms with van der Waals surface area (Å²) in [7, 11) is 2.09. The van der Waals surface area contributed by atoms with Gasteiger partial charge in [-0.25, -0.2) is 4.98 Å². The highest BCUT2D eigenvalue weighted by molar-refractivity contribution is 6.47. The van der Waals surface area contributed by atoms with E-state index in [-0.39, 0.29) is 0 Å². The monoisotopic (exact) mass is 535 g/mol. The van der Waals surface area contributed by atoms with Crippen LogP contribution in [0.15, 0.2) is 102 Å². The minimum absolute atomic E-state index is 0.331. The topological polar surface area (TPSA) is 83.1 Å². The number of pyridine rings is 2. The predicted octanol–water partition coefficient (Wildman–Crippen LogP) is 5.42. The van der Waals surface area contributed by atoms with E-state index >= 15 is 0 Å². The lowest BCUT2D eigenvalue weighted by atomic mass is 10.0. The number of Topliss-reactive ketones (excluding diaryl/α,β-unsaturated/α-hetero) is 1. The zero-order chi connectivity index (χ0) is 27.9. The van der Waals surface area contributed by atoms with Crippen LogP contribution >= 0.6 is 0 Å². The van der Waals surface area contributed by atoms with Crippen molar-refractivity contribution in [3.8, 4) is 11.1 Å². The Balaban J connectivity index is 1.24. The van der Waals surface area contributed by atoms with E-state index < -0.39 is 11.7 Å². The van der Waals surface area contributed by atoms with E-state index in [9.17, 15) is 9.59 Å². The maximum absolute atomic E-state index is 13.4. The molecule has 0 saturated heterocycles. The molecule has 0 aliphatic carbocycles. The zero-order valence-corrected chi connectivity index (χ0v) is 22.8. The highest BCUT2D eigenvalue weighted by Gasteiger charge is 2.25. The van der Waals surface area contributed by atoms with Crippen molar-refractivity contribution in [1.82, 2.24) is 14.3 Å². The molecule has 0 spiro atoms. The van der Waals surface area contributed by atoms with E-state index in [2.05, 4.69) is 34.1 Å². The van der Waals surface area contributed by atoms with Crippen LogP contribution in [-0.4, -0.2) is 59.2 Å². The first-order valence-electron chi connectivity index (χ1n) is 13.5. The first kappa shape index (κ1) is 26.9. The van der Waals surface area contributed by atoms with Gasteiger partial charge >= 0.3 is 0 Å². The number of carbonyl (C=O) groups is 2. The standard InChI is InChI=1S/C32H33N5O3/c1-3-36(20-19-35(2)18-16-27-13-9-21-40-27)29-15-14-25(23-33-29)34-32(39)31(38)30-28(24-10-5-4-6-11-24)22-26-12-7-8-17-37(26)30/h4-15,17,21-23H,3,16,18-20H2,1-2H3,(H,34,39). The average Bonchev–Trinajstić information content (AvgIpc) is 3.65. The number of furan rings is 1. The van der Waals surface area contributed by atoms with Gasteiger partial charge in [-0.05, 0) is 62.0 Å². The Morgan fingerprint density at radius 1 is 0.950 bits per heavy atom. The molecule has 0 atom stereocenters. The lowest BCUT2D eigenvalue weighted by Gasteiger charge is -2.25. The van der Waals surface area contributed by atoms with Crippen LogP contribution in [0, 0.1) is 0 Å². The summed E-state index contributed by atoms with van der Waals surface area (Å²) in [5.41, 5.74) is 3.23. The smallest absolute Gasteiger partial charge is 0.298 e. The van der Waals surface area contributed by atoms with Gasteiger partial charge in [0.25, 0.3) is 11.7 Å². The van der Waals surface area contributed by atoms with Gasteiger partial charge in [0.1, 0.15) is 17.3 Å². The molecule has 1 amide bonds. The molecule has 0 unspecified atom stereocenters. The van der Waals surface area contributed by atoms with Crippen molar-refractivity contribution < 1.29 is 14.0 Å². The summed E-state index contributed by atoms with van der Waals surface area (Å²) in [5.74, 6) is 0.483. The number of fused-ring (bicyclic) bond motifs is 1. The Morgan fingerprint density at radius 3 is 2.50 bits per heavy atom. The van der Waals surface area contributed by atoms with Crippen LogP contribution in [-0.2, 0) is 11.2 Å². The maximum atomic E-state index is 13.4. The molecule has 5 rings (SSSR count). The van der Waals surface area contributed by atoms with Crippen LogP contribution in [0.3, 0.4) is 0 Å². The number of aromatic nitrogens is 2. The van der Waals surface area contributed by atoms with Crippen LogP contribution in [0.25, 0.3) is 16.6 Å². The van der Waals surface area contributed by atoms with Crippen molar-refractivity contribution in [3.63, 3.8) is 0 Å². The molecule has 0 saturated carbocycles. The van der Waals surface area contributed by atoms with Crippen molar-refractivity contribution in [2.45, 2.75) is 13.3 Å². The fraction of sp³-hybridized carbons (Fsp3) is 0.219. The quantitative estimate of drug-likeness (QED) is 0.170. The van der Waals surface area contributed by atoms with E-state index in [0.29, 0.717) is 16.9 Å². The lowest BCUT2D eigenvalue weighted by Crippen LogP contribution is -2.34. The van der Waals surface area contributed by atoms with Gasteiger partial charge in [-0.3, -0.25) is 9.59 Å². The molecule has 8 heteroatoms. The number of carbonyl (C=O) groups excluding carboxylic acids is 2. The molecule has 0 fully saturated rings. The first-order chi connectivity index (χ1) is 19.5. The van der Waals surface area contributed by atoms with Gasteiger partial charge in [0.15, 0.2) is 0 Å². The number of nitrogens with one attached hydrogen (secondary N) is 1. The summed E-state index contributed by atoms with van der Waals surface area (Å²) >= 11 is 0. The minimum Gasteiger partial charge on any atom is -0.469 e. The molecule has 1 aromatic carbocycles. The van der Waals surface area contributed by atoms with Gasteiger partial charge in [-0.1, -0.05) is 36.4 Å². The molecule has 5 aromatic rings. The van der Waals surface area contributed by atoms with Gasteiger partial charge < -0.3 is 23.9 Å². The second-order valence-corrected chi connectivity index (χ2v) is 9.67. The second-order valence-electron chi connectivity index (χ2n) is 9.67. The third kappa shape index (κ3) is 6.13. The van der Waals surface area contributed by atoms with E-state index in [1.807, 2.05) is 72.8 Å². The molecular formula is C32H33N5O3. The van der Waals surface area contributed by atoms with E-state index in [4.69, 9.17) is 4.42 Å². The Kier molecular flexibility index (Phi) is 8.37. The molecule has 8 nitrogen and oxygen atoms in total. The van der Waals surface area contributed by atoms with E-state index in [1.54, 1.807) is 29.1 Å². The second kappa shape index (κ2) is 12.4. The fourth-order valence-corrected chi connectivity index (χ4v) is 4.73. The SMILES string of the molecule is CCN(CCN(C)CCc1ccco1)c1ccc(NC(=O)C(=O)c2c(-c3ccccc3)cc3ccccn23)cn1. The summed E-state index contributed by atoms with van der Waals surface area (Å²) in [6.45, 7) is 5.47. The van der Waals surface area contributed by atoms with Crippen LogP contribution in [0.2, 0.25) is 0 Å². The number of amides is 1. The van der Waals surface area contributed by atoms with Crippen LogP contribution in [0.1, 0.15) is 23.2 Å². The van der Waals surface area contributed by atoms with Crippen LogP contribution < -0.4 is 10.2 Å². The van der Waals surface area contributed by atoms with Crippen molar-refractivity contribution in [2.24, 2.45) is 0 Å². The molecule has 0 aliphatic heterocycles. The summed E-state index contributed by atoms with van der Waals surface area (Å²) in [5, 5.41) is 2.74. The summed E-state index contributed by atoms with van der Waals surface area (Å²) in [4.78, 5) is 35.6. The Hall–Kier alpha value is -4.69. The van der Waals surface area contributed by atoms with Crippen molar-refractivity contribution >= 4 is 28.7 Å². The third-order valence-electron chi connectivity index (χ3n) is 6.97. The Labute approximate surface area is 233 Å². The normalized spacial score (nSPS) is 11.2. The Morgan fingerprint density at radius 2 is 1.77 bits per heavy atom. The van der Waals surface area contributed by atoms with Gasteiger partial charge in [0.2, 0.25) is 0 Å². The van der Waals surface area contributed by atoms with Crippen molar-refractivity contribution in [1.29, 1.82) is 0 Å². The number of rotatable bonds is 12. The molecule has 40 heavy (non-hydrogen) atoms. The van der Waals surface area contributed by atoms with Gasteiger partial charge in [-0.2, -0.15) is 0 Å². The number of ketones is 1. The molecule has 4 aromatic heterocycles. The average molecular weight is 536 g/mol. The highest BCUT2D eigenvalue weighted by Crippen LogP contribution is 2.28. The molecule has 0 bridgehead atoms. The lowest BCUT2D eigenvalue weighted by molar-refractivity contribution is -0.112. The first-order valence-corrected chi connectivity index (χ1v) is 13.5. The van der Waals surface area contributed by atoms with Crippen molar-refractivity contribution in [2.75, 3.05) is 43.4 Å². The third-order valence-corrected chi connectivity index (χ3v) is 6.97. The predicted molar refractivity (Wildman–Crippen MR) is 158 cm³/mol. The molecule has 4 heterocycles. The molecule has 204 valence electrons. The maximum Gasteiger partial charge on any atom is 0.298 e. The molecular weight excluding hydrogens is 502 g/mol. The zero-order valence-electron chi connectivity index (χ0n) is 22.8. The molecule has 0 radical (unpaired) electrons. The van der Waals surface area contributed by atoms with Crippen molar-refractivity contribution in [3.05, 3.63) is 109 Å². The van der Waals surface area contributed by atoms with Gasteiger partial charge in [-0.15, -0.1) is 0 Å². The number of hydrogen-bond acceptors (Lipinski definition) is 6. The number of anilines is 2. The molecule has 1 N–H and O–H groups in total. The summed E-state index contributed by atoms with van der Waals surface area (Å²) in [6.07, 6.45) is 5.96. The van der Waals surface area contributed by atoms with E-state index in [1.165, 1.54) is 0 Å². The largest absolute Gasteiger partial charge is 0.469 e. The number of likely N-dealkylation sites (N-methyl/N-ethyl adjacent to an activating group) is 2. The molecule has 0 aliphatic rings. The van der Waals surface area contributed by atoms with Crippen LogP contribution in [0.4, 0.5) is 11.5 Å². The van der Waals surface area contributed by atoms with Gasteiger partial charge in [0, 0.05) is 49.9 Å². The summed E-state index contributed by atoms with van der Waals surface area (Å²) in [6, 6.07) is 24.8. The number of benzene rings is 1. The van der Waals surface area contributed by atoms with E-state index in [0.717, 1.165) is 55.3 Å². The van der Waals surface area contributed by atoms with Gasteiger partial charge in [0.05, 0.1) is 18.1 Å². The van der Waals surface area contributed by atoms with Crippen LogP contribution in [0.5, 0.6) is 0 Å². The highest BCUT2D eigenvalue weighted by atomic mass is 16.3. The number of hydrogen-bond donors (Lipinski definition) is 1. The number of nitrogens with zero attached hydrogens (tertiary/aromatic N) is 4. The Bertz CT molecular complexity index is 1560.